The predicted octanol–water partition coefficient (Wildman–Crippen LogP) is 3.57. The molecular weight excluding hydrogens is 401 g/mol. The smallest absolute Gasteiger partial charge is 0.393 e. The van der Waals surface area contributed by atoms with Crippen LogP contribution in [0.15, 0.2) is 0 Å². The van der Waals surface area contributed by atoms with Crippen molar-refractivity contribution in [2.24, 2.45) is 5.73 Å². The van der Waals surface area contributed by atoms with Gasteiger partial charge in [0.1, 0.15) is 12.2 Å². The van der Waals surface area contributed by atoms with Crippen LogP contribution in [0.25, 0.3) is 0 Å². The zero-order valence-electron chi connectivity index (χ0n) is 17.7. The molecule has 0 fully saturated rings. The topological polar surface area (TPSA) is 149 Å². The van der Waals surface area contributed by atoms with Crippen LogP contribution in [-0.4, -0.2) is 53.0 Å². The molecule has 0 saturated heterocycles. The van der Waals surface area contributed by atoms with Crippen LogP contribution in [0.3, 0.4) is 0 Å². The van der Waals surface area contributed by atoms with E-state index in [0.717, 1.165) is 19.3 Å². The third kappa shape index (κ3) is 16.0. The Hall–Kier alpha value is -0.380. The Morgan fingerprint density at radius 1 is 1.00 bits per heavy atom. The highest BCUT2D eigenvalue weighted by atomic mass is 31.2. The van der Waals surface area contributed by atoms with Crippen molar-refractivity contribution >= 4 is 13.6 Å². The van der Waals surface area contributed by atoms with Crippen LogP contribution in [0.5, 0.6) is 0 Å². The van der Waals surface area contributed by atoms with Crippen LogP contribution in [0.1, 0.15) is 84.0 Å². The van der Waals surface area contributed by atoms with Crippen LogP contribution in [0.2, 0.25) is 0 Å². The molecule has 0 aromatic heterocycles. The summed E-state index contributed by atoms with van der Waals surface area (Å²) in [6.45, 7) is 0.773. The fourth-order valence-electron chi connectivity index (χ4n) is 2.84. The summed E-state index contributed by atoms with van der Waals surface area (Å²) >= 11 is 0. The Balaban J connectivity index is 3.92. The summed E-state index contributed by atoms with van der Waals surface area (Å²) in [4.78, 5) is 25.7. The highest BCUT2D eigenvalue weighted by molar-refractivity contribution is 7.47. The molecule has 0 aliphatic heterocycles. The van der Waals surface area contributed by atoms with Gasteiger partial charge in [-0.05, 0) is 6.42 Å². The van der Waals surface area contributed by atoms with Crippen LogP contribution in [-0.2, 0) is 23.3 Å². The molecule has 0 aromatic carbocycles. The third-order valence-corrected chi connectivity index (χ3v) is 5.63. The number of aliphatic hydroxyl groups excluding tert-OH is 1. The number of ketones is 1. The number of aliphatic hydroxyl groups is 1. The summed E-state index contributed by atoms with van der Waals surface area (Å²) in [7, 11) is -4.57. The summed E-state index contributed by atoms with van der Waals surface area (Å²) in [5, 5.41) is 17.3. The first-order valence-corrected chi connectivity index (χ1v) is 12.2. The minimum absolute atomic E-state index is 0.220. The van der Waals surface area contributed by atoms with E-state index in [2.05, 4.69) is 16.3 Å². The number of phosphoric ester groups is 1. The van der Waals surface area contributed by atoms with Gasteiger partial charge in [0.25, 0.3) is 0 Å². The average molecular weight is 442 g/mol. The van der Waals surface area contributed by atoms with Gasteiger partial charge in [0.05, 0.1) is 13.2 Å². The number of phosphoric acid groups is 1. The maximum Gasteiger partial charge on any atom is 0.473 e. The Bertz CT molecular complexity index is 448. The van der Waals surface area contributed by atoms with Crippen LogP contribution >= 0.6 is 7.82 Å². The zero-order valence-corrected chi connectivity index (χ0v) is 18.6. The maximum absolute atomic E-state index is 12.2. The molecule has 5 N–H and O–H groups in total. The van der Waals surface area contributed by atoms with E-state index in [-0.39, 0.29) is 18.7 Å². The van der Waals surface area contributed by atoms with E-state index < -0.39 is 33.2 Å². The lowest BCUT2D eigenvalue weighted by Crippen LogP contribution is -2.32. The van der Waals surface area contributed by atoms with Gasteiger partial charge >= 0.3 is 7.82 Å². The zero-order chi connectivity index (χ0) is 22.0. The van der Waals surface area contributed by atoms with Crippen molar-refractivity contribution in [1.29, 1.82) is 0 Å². The number of carbonyl (C=O) groups is 1. The van der Waals surface area contributed by atoms with Gasteiger partial charge in [-0.2, -0.15) is 0 Å². The van der Waals surface area contributed by atoms with Crippen molar-refractivity contribution in [2.45, 2.75) is 96.2 Å². The summed E-state index contributed by atoms with van der Waals surface area (Å²) in [5.41, 5.74) is 5.48. The fourth-order valence-corrected chi connectivity index (χ4v) is 3.78. The Labute approximate surface area is 174 Å². The molecule has 174 valence electrons. The van der Waals surface area contributed by atoms with Crippen molar-refractivity contribution < 1.29 is 38.6 Å². The van der Waals surface area contributed by atoms with E-state index >= 15 is 0 Å². The van der Waals surface area contributed by atoms with Gasteiger partial charge in [-0.1, -0.05) is 71.1 Å². The first-order chi connectivity index (χ1) is 13.9. The number of Topliss-reactive ketones (excluding diaryl/α,β-unsaturated/α-hetero) is 1. The third-order valence-electron chi connectivity index (χ3n) is 4.64. The van der Waals surface area contributed by atoms with E-state index in [4.69, 9.17) is 20.6 Å². The molecular formula is C19H40NO8P. The summed E-state index contributed by atoms with van der Waals surface area (Å²) in [6, 6.07) is 0. The second-order valence-corrected chi connectivity index (χ2v) is 8.66. The van der Waals surface area contributed by atoms with E-state index in [9.17, 15) is 14.3 Å². The van der Waals surface area contributed by atoms with E-state index in [1.165, 1.54) is 44.9 Å². The van der Waals surface area contributed by atoms with E-state index in [0.29, 0.717) is 6.42 Å². The molecule has 0 aromatic rings. The molecule has 0 radical (unpaired) electrons. The van der Waals surface area contributed by atoms with Crippen LogP contribution < -0.4 is 5.73 Å². The van der Waals surface area contributed by atoms with Gasteiger partial charge in [0, 0.05) is 13.0 Å². The molecule has 0 bridgehead atoms. The minimum atomic E-state index is -4.57. The fraction of sp³-hybridized carbons (Fsp3) is 0.947. The molecule has 0 amide bonds. The molecule has 0 heterocycles. The average Bonchev–Trinajstić information content (AvgIpc) is 2.70. The van der Waals surface area contributed by atoms with E-state index in [1.807, 2.05) is 0 Å². The molecule has 2 unspecified atom stereocenters. The van der Waals surface area contributed by atoms with Crippen molar-refractivity contribution in [3.05, 3.63) is 0 Å². The minimum Gasteiger partial charge on any atom is -0.393 e. The van der Waals surface area contributed by atoms with Gasteiger partial charge < -0.3 is 15.7 Å². The Morgan fingerprint density at radius 2 is 1.52 bits per heavy atom. The Kier molecular flexibility index (Phi) is 18.2. The number of hydrogen-bond acceptors (Lipinski definition) is 8. The Morgan fingerprint density at radius 3 is 1.97 bits per heavy atom. The lowest BCUT2D eigenvalue weighted by atomic mass is 10.0. The lowest BCUT2D eigenvalue weighted by Gasteiger charge is -2.20. The summed E-state index contributed by atoms with van der Waals surface area (Å²) < 4.78 is 21.3. The molecule has 0 spiro atoms. The number of carbonyl (C=O) groups excluding carboxylic acids is 1. The predicted molar refractivity (Wildman–Crippen MR) is 110 cm³/mol. The molecule has 9 nitrogen and oxygen atoms in total. The first kappa shape index (κ1) is 28.6. The van der Waals surface area contributed by atoms with Crippen molar-refractivity contribution in [3.8, 4) is 0 Å². The van der Waals surface area contributed by atoms with Crippen molar-refractivity contribution in [3.63, 3.8) is 0 Å². The van der Waals surface area contributed by atoms with Gasteiger partial charge in [-0.25, -0.2) is 9.45 Å². The molecule has 0 saturated carbocycles. The van der Waals surface area contributed by atoms with E-state index in [1.54, 1.807) is 0 Å². The van der Waals surface area contributed by atoms with Crippen molar-refractivity contribution in [2.75, 3.05) is 19.8 Å². The van der Waals surface area contributed by atoms with Gasteiger partial charge in [-0.3, -0.25) is 19.1 Å². The van der Waals surface area contributed by atoms with Crippen LogP contribution in [0, 0.1) is 0 Å². The monoisotopic (exact) mass is 441 g/mol. The molecule has 0 aliphatic rings. The number of unbranched alkanes of at least 4 members (excludes halogenated alkanes) is 10. The standard InChI is InChI=1S/C19H40NO8P/c1-2-3-4-5-6-7-8-9-10-11-12-13-18(22)19(14-20)28-29(24,25)26-16-17(15-21)27-23/h17,19,21,23H,2-16,20H2,1H3,(H,24,25)/t17-,19?/m1/s1. The highest BCUT2D eigenvalue weighted by Gasteiger charge is 2.31. The van der Waals surface area contributed by atoms with Crippen molar-refractivity contribution in [1.82, 2.24) is 0 Å². The molecule has 29 heavy (non-hydrogen) atoms. The quantitative estimate of drug-likeness (QED) is 0.0907. The molecule has 0 rings (SSSR count). The molecule has 3 atom stereocenters. The largest absolute Gasteiger partial charge is 0.473 e. The second-order valence-electron chi connectivity index (χ2n) is 7.26. The van der Waals surface area contributed by atoms with Gasteiger partial charge in [0.2, 0.25) is 0 Å². The maximum atomic E-state index is 12.2. The number of nitrogens with two attached hydrogens (primary N) is 1. The highest BCUT2D eigenvalue weighted by Crippen LogP contribution is 2.44. The van der Waals surface area contributed by atoms with Gasteiger partial charge in [0.15, 0.2) is 5.78 Å². The molecule has 10 heteroatoms. The first-order valence-electron chi connectivity index (χ1n) is 10.7. The SMILES string of the molecule is CCCCCCCCCCCCCC(=O)C(CN)OP(=O)(O)OC[C@@H](CO)OO. The number of rotatable bonds is 21. The second kappa shape index (κ2) is 18.4. The lowest BCUT2D eigenvalue weighted by molar-refractivity contribution is -0.289. The van der Waals surface area contributed by atoms with Crippen LogP contribution in [0.4, 0.5) is 0 Å². The normalized spacial score (nSPS) is 15.8. The summed E-state index contributed by atoms with van der Waals surface area (Å²) in [6.07, 6.45) is 10.6. The van der Waals surface area contributed by atoms with Gasteiger partial charge in [-0.15, -0.1) is 0 Å². The number of hydrogen-bond donors (Lipinski definition) is 4. The molecule has 0 aliphatic carbocycles. The summed E-state index contributed by atoms with van der Waals surface area (Å²) in [5.74, 6) is -0.349.